The molecule has 1 aliphatic heterocycles. The van der Waals surface area contributed by atoms with Gasteiger partial charge in [0.1, 0.15) is 0 Å². The third kappa shape index (κ3) is 3.32. The molecule has 0 amide bonds. The van der Waals surface area contributed by atoms with Crippen molar-refractivity contribution in [3.8, 4) is 0 Å². The number of hydrogen-bond donors (Lipinski definition) is 3. The van der Waals surface area contributed by atoms with Crippen LogP contribution in [0.15, 0.2) is 11.2 Å². The fourth-order valence-electron chi connectivity index (χ4n) is 2.01. The third-order valence-electron chi connectivity index (χ3n) is 3.06. The maximum Gasteiger partial charge on any atom is 0.257 e. The molecule has 0 bridgehead atoms. The number of sulfonamides is 1. The van der Waals surface area contributed by atoms with E-state index in [0.29, 0.717) is 12.0 Å². The summed E-state index contributed by atoms with van der Waals surface area (Å²) in [6.45, 7) is 0.162. The summed E-state index contributed by atoms with van der Waals surface area (Å²) in [5.41, 5.74) is 5.81. The second-order valence-electron chi connectivity index (χ2n) is 4.55. The lowest BCUT2D eigenvalue weighted by atomic mass is 10.1. The van der Waals surface area contributed by atoms with Crippen LogP contribution in [0.4, 0.5) is 0 Å². The number of H-pyrrole nitrogens is 1. The highest BCUT2D eigenvalue weighted by atomic mass is 32.2. The molecule has 1 fully saturated rings. The van der Waals surface area contributed by atoms with E-state index in [1.807, 2.05) is 0 Å². The molecule has 1 aliphatic rings. The van der Waals surface area contributed by atoms with Gasteiger partial charge in [-0.1, -0.05) is 0 Å². The third-order valence-corrected chi connectivity index (χ3v) is 6.33. The van der Waals surface area contributed by atoms with E-state index in [2.05, 4.69) is 14.9 Å². The predicted octanol–water partition coefficient (Wildman–Crippen LogP) is -1.42. The second kappa shape index (κ2) is 5.19. The Morgan fingerprint density at radius 1 is 1.53 bits per heavy atom. The van der Waals surface area contributed by atoms with Crippen LogP contribution in [0.1, 0.15) is 12.0 Å². The molecule has 1 saturated heterocycles. The number of nitrogens with one attached hydrogen (secondary N) is 2. The van der Waals surface area contributed by atoms with E-state index in [-0.39, 0.29) is 35.5 Å². The van der Waals surface area contributed by atoms with Gasteiger partial charge < -0.3 is 5.73 Å². The molecule has 0 radical (unpaired) electrons. The van der Waals surface area contributed by atoms with E-state index in [1.54, 1.807) is 0 Å². The van der Waals surface area contributed by atoms with Gasteiger partial charge in [-0.3, -0.25) is 5.10 Å². The Morgan fingerprint density at radius 3 is 2.84 bits per heavy atom. The number of sulfone groups is 1. The minimum absolute atomic E-state index is 0.0300. The maximum atomic E-state index is 12.0. The van der Waals surface area contributed by atoms with Crippen molar-refractivity contribution in [2.75, 3.05) is 18.1 Å². The molecule has 2 heterocycles. The first-order valence-electron chi connectivity index (χ1n) is 5.76. The summed E-state index contributed by atoms with van der Waals surface area (Å²) in [6, 6.07) is 0. The van der Waals surface area contributed by atoms with E-state index < -0.39 is 19.9 Å². The summed E-state index contributed by atoms with van der Waals surface area (Å²) < 4.78 is 49.0. The summed E-state index contributed by atoms with van der Waals surface area (Å²) >= 11 is 0. The van der Waals surface area contributed by atoms with Gasteiger partial charge in [-0.05, 0) is 12.3 Å². The molecule has 0 aliphatic carbocycles. The Bertz CT molecular complexity index is 650. The minimum atomic E-state index is -3.73. The van der Waals surface area contributed by atoms with Crippen LogP contribution < -0.4 is 10.5 Å². The first-order chi connectivity index (χ1) is 8.84. The highest BCUT2D eigenvalue weighted by Crippen LogP contribution is 2.18. The smallest absolute Gasteiger partial charge is 0.257 e. The highest BCUT2D eigenvalue weighted by Gasteiger charge is 2.29. The van der Waals surface area contributed by atoms with Gasteiger partial charge in [-0.25, -0.2) is 21.6 Å². The van der Waals surface area contributed by atoms with Crippen molar-refractivity contribution in [3.05, 3.63) is 11.8 Å². The van der Waals surface area contributed by atoms with Gasteiger partial charge in [0.15, 0.2) is 14.9 Å². The molecular formula is C9H16N4O4S2. The lowest BCUT2D eigenvalue weighted by Gasteiger charge is -2.10. The van der Waals surface area contributed by atoms with Gasteiger partial charge in [0.05, 0.1) is 17.7 Å². The number of nitrogens with zero attached hydrogens (tertiary/aromatic N) is 1. The highest BCUT2D eigenvalue weighted by molar-refractivity contribution is 7.91. The lowest BCUT2D eigenvalue weighted by molar-refractivity contribution is 0.540. The largest absolute Gasteiger partial charge is 0.326 e. The fourth-order valence-corrected chi connectivity index (χ4v) is 5.13. The molecule has 108 valence electrons. The van der Waals surface area contributed by atoms with Crippen LogP contribution >= 0.6 is 0 Å². The molecule has 1 atom stereocenters. The topological polar surface area (TPSA) is 135 Å². The second-order valence-corrected chi connectivity index (χ2v) is 8.48. The zero-order chi connectivity index (χ0) is 14.1. The Balaban J connectivity index is 2.03. The fraction of sp³-hybridized carbons (Fsp3) is 0.667. The monoisotopic (exact) mass is 308 g/mol. The van der Waals surface area contributed by atoms with E-state index in [9.17, 15) is 16.8 Å². The Labute approximate surface area is 111 Å². The van der Waals surface area contributed by atoms with Crippen LogP contribution in [0.3, 0.4) is 0 Å². The van der Waals surface area contributed by atoms with Gasteiger partial charge in [-0.2, -0.15) is 5.10 Å². The first kappa shape index (κ1) is 14.4. The van der Waals surface area contributed by atoms with E-state index in [0.717, 1.165) is 0 Å². The molecule has 0 spiro atoms. The van der Waals surface area contributed by atoms with Crippen molar-refractivity contribution in [2.24, 2.45) is 11.7 Å². The van der Waals surface area contributed by atoms with Crippen LogP contribution in [0.2, 0.25) is 0 Å². The molecule has 0 saturated carbocycles. The van der Waals surface area contributed by atoms with E-state index in [1.165, 1.54) is 6.20 Å². The average molecular weight is 308 g/mol. The van der Waals surface area contributed by atoms with Gasteiger partial charge in [0.25, 0.3) is 10.0 Å². The number of rotatable bonds is 5. The molecule has 0 aromatic carbocycles. The van der Waals surface area contributed by atoms with Crippen LogP contribution in [0.5, 0.6) is 0 Å². The van der Waals surface area contributed by atoms with Crippen molar-refractivity contribution in [1.29, 1.82) is 0 Å². The summed E-state index contributed by atoms with van der Waals surface area (Å²) in [5, 5.41) is 5.97. The minimum Gasteiger partial charge on any atom is -0.326 e. The van der Waals surface area contributed by atoms with Crippen LogP contribution in [0.25, 0.3) is 0 Å². The summed E-state index contributed by atoms with van der Waals surface area (Å²) in [7, 11) is -6.73. The van der Waals surface area contributed by atoms with Crippen molar-refractivity contribution in [2.45, 2.75) is 18.0 Å². The molecule has 4 N–H and O–H groups in total. The zero-order valence-electron chi connectivity index (χ0n) is 10.2. The Hall–Kier alpha value is -0.970. The molecule has 10 heteroatoms. The SMILES string of the molecule is NCc1cn[nH]c1S(=O)(=O)NCC1CCS(=O)(=O)C1. The average Bonchev–Trinajstić information content (AvgIpc) is 2.93. The standard InChI is InChI=1S/C9H16N4O4S2/c10-3-8-5-11-13-9(8)19(16,17)12-4-7-1-2-18(14,15)6-7/h5,7,12H,1-4,6,10H2,(H,11,13). The van der Waals surface area contributed by atoms with E-state index in [4.69, 9.17) is 5.73 Å². The molecular weight excluding hydrogens is 292 g/mol. The number of aromatic amines is 1. The first-order valence-corrected chi connectivity index (χ1v) is 9.07. The molecule has 1 aromatic rings. The Kier molecular flexibility index (Phi) is 3.95. The van der Waals surface area contributed by atoms with Gasteiger partial charge in [0.2, 0.25) is 0 Å². The van der Waals surface area contributed by atoms with Crippen LogP contribution in [-0.2, 0) is 26.4 Å². The van der Waals surface area contributed by atoms with Crippen molar-refractivity contribution in [1.82, 2.24) is 14.9 Å². The van der Waals surface area contributed by atoms with Crippen molar-refractivity contribution in [3.63, 3.8) is 0 Å². The summed E-state index contributed by atoms with van der Waals surface area (Å²) in [4.78, 5) is 0. The number of nitrogens with two attached hydrogens (primary N) is 1. The van der Waals surface area contributed by atoms with Crippen LogP contribution in [0, 0.1) is 5.92 Å². The van der Waals surface area contributed by atoms with Crippen LogP contribution in [-0.4, -0.2) is 45.1 Å². The van der Waals surface area contributed by atoms with Crippen molar-refractivity contribution < 1.29 is 16.8 Å². The van der Waals surface area contributed by atoms with Gasteiger partial charge in [0, 0.05) is 18.7 Å². The van der Waals surface area contributed by atoms with Gasteiger partial charge in [-0.15, -0.1) is 0 Å². The summed E-state index contributed by atoms with van der Waals surface area (Å²) in [6.07, 6.45) is 1.84. The maximum absolute atomic E-state index is 12.0. The zero-order valence-corrected chi connectivity index (χ0v) is 11.8. The lowest BCUT2D eigenvalue weighted by Crippen LogP contribution is -2.31. The molecule has 19 heavy (non-hydrogen) atoms. The quantitative estimate of drug-likeness (QED) is 0.611. The normalized spacial score (nSPS) is 22.7. The van der Waals surface area contributed by atoms with Crippen molar-refractivity contribution >= 4 is 19.9 Å². The summed E-state index contributed by atoms with van der Waals surface area (Å²) in [5.74, 6) is -0.0243. The molecule has 1 aromatic heterocycles. The van der Waals surface area contributed by atoms with Gasteiger partial charge >= 0.3 is 0 Å². The molecule has 8 nitrogen and oxygen atoms in total. The van der Waals surface area contributed by atoms with E-state index >= 15 is 0 Å². The number of aromatic nitrogens is 2. The Morgan fingerprint density at radius 2 is 2.26 bits per heavy atom. The molecule has 1 unspecified atom stereocenters. The molecule has 2 rings (SSSR count). The predicted molar refractivity (Wildman–Crippen MR) is 68.4 cm³/mol. The number of hydrogen-bond acceptors (Lipinski definition) is 6.